The zero-order valence-electron chi connectivity index (χ0n) is 17.9. The Hall–Kier alpha value is -1.69. The number of rotatable bonds is 10. The predicted molar refractivity (Wildman–Crippen MR) is 129 cm³/mol. The van der Waals surface area contributed by atoms with Gasteiger partial charge in [-0.05, 0) is 36.2 Å². The number of furan rings is 1. The first-order valence-corrected chi connectivity index (χ1v) is 10.4. The monoisotopic (exact) mass is 546 g/mol. The van der Waals surface area contributed by atoms with E-state index in [2.05, 4.69) is 20.5 Å². The molecule has 1 aliphatic rings. The second-order valence-corrected chi connectivity index (χ2v) is 7.08. The van der Waals surface area contributed by atoms with E-state index >= 15 is 0 Å². The third-order valence-corrected chi connectivity index (χ3v) is 5.01. The molecule has 1 aliphatic heterocycles. The third kappa shape index (κ3) is 8.76. The fraction of sp³-hybridized carbons (Fsp3) is 0.500. The molecule has 0 amide bonds. The van der Waals surface area contributed by atoms with Crippen molar-refractivity contribution in [1.82, 2.24) is 15.5 Å². The van der Waals surface area contributed by atoms with Crippen LogP contribution < -0.4 is 10.6 Å². The molecule has 1 aromatic carbocycles. The van der Waals surface area contributed by atoms with Crippen LogP contribution in [0.4, 0.5) is 4.39 Å². The van der Waals surface area contributed by atoms with E-state index in [0.29, 0.717) is 33.0 Å². The maximum atomic E-state index is 13.4. The summed E-state index contributed by atoms with van der Waals surface area (Å²) in [4.78, 5) is 6.67. The number of nitrogens with zero attached hydrogens (tertiary/aromatic N) is 2. The molecule has 172 valence electrons. The maximum absolute atomic E-state index is 13.4. The van der Waals surface area contributed by atoms with Gasteiger partial charge in [-0.15, -0.1) is 24.0 Å². The van der Waals surface area contributed by atoms with Crippen molar-refractivity contribution < 1.29 is 18.3 Å². The number of guanidine groups is 1. The fourth-order valence-electron chi connectivity index (χ4n) is 3.39. The van der Waals surface area contributed by atoms with Gasteiger partial charge in [0.1, 0.15) is 18.2 Å². The first kappa shape index (κ1) is 25.6. The molecule has 0 saturated carbocycles. The van der Waals surface area contributed by atoms with Crippen LogP contribution in [0.15, 0.2) is 52.1 Å². The van der Waals surface area contributed by atoms with Gasteiger partial charge < -0.3 is 24.5 Å². The summed E-state index contributed by atoms with van der Waals surface area (Å²) in [6, 6.07) is 10.6. The third-order valence-electron chi connectivity index (χ3n) is 5.01. The summed E-state index contributed by atoms with van der Waals surface area (Å²) in [5, 5.41) is 6.71. The lowest BCUT2D eigenvalue weighted by molar-refractivity contribution is 0.0170. The first-order chi connectivity index (χ1) is 14.8. The summed E-state index contributed by atoms with van der Waals surface area (Å²) >= 11 is 0. The van der Waals surface area contributed by atoms with Crippen LogP contribution >= 0.6 is 24.0 Å². The van der Waals surface area contributed by atoms with Gasteiger partial charge in [0.05, 0.1) is 25.5 Å². The van der Waals surface area contributed by atoms with Gasteiger partial charge in [-0.3, -0.25) is 9.89 Å². The van der Waals surface area contributed by atoms with Gasteiger partial charge in [0.25, 0.3) is 0 Å². The number of benzene rings is 1. The van der Waals surface area contributed by atoms with Crippen molar-refractivity contribution in [3.05, 3.63) is 59.8 Å². The number of morpholine rings is 1. The molecule has 2 heterocycles. The van der Waals surface area contributed by atoms with E-state index in [1.165, 1.54) is 12.1 Å². The number of nitrogens with one attached hydrogen (secondary N) is 2. The van der Waals surface area contributed by atoms with Crippen LogP contribution in [-0.4, -0.2) is 63.9 Å². The quantitative estimate of drug-likeness (QED) is 0.207. The molecule has 0 bridgehead atoms. The van der Waals surface area contributed by atoms with Gasteiger partial charge in [0.15, 0.2) is 5.96 Å². The Labute approximate surface area is 200 Å². The van der Waals surface area contributed by atoms with Crippen LogP contribution in [0, 0.1) is 5.82 Å². The Balaban J connectivity index is 0.00000341. The highest BCUT2D eigenvalue weighted by Gasteiger charge is 2.23. The molecule has 1 unspecified atom stereocenters. The molecule has 0 aliphatic carbocycles. The summed E-state index contributed by atoms with van der Waals surface area (Å²) < 4.78 is 29.7. The molecule has 31 heavy (non-hydrogen) atoms. The van der Waals surface area contributed by atoms with Crippen molar-refractivity contribution in [3.8, 4) is 0 Å². The van der Waals surface area contributed by atoms with Crippen LogP contribution in [0.2, 0.25) is 0 Å². The minimum atomic E-state index is -0.223. The predicted octanol–water partition coefficient (Wildman–Crippen LogP) is 3.18. The van der Waals surface area contributed by atoms with Crippen molar-refractivity contribution in [1.29, 1.82) is 0 Å². The molecule has 1 saturated heterocycles. The topological polar surface area (TPSA) is 71.3 Å². The van der Waals surface area contributed by atoms with Gasteiger partial charge in [-0.1, -0.05) is 12.1 Å². The average molecular weight is 546 g/mol. The summed E-state index contributed by atoms with van der Waals surface area (Å²) in [6.45, 7) is 5.66. The van der Waals surface area contributed by atoms with Crippen molar-refractivity contribution in [2.45, 2.75) is 19.1 Å². The van der Waals surface area contributed by atoms with E-state index in [0.717, 1.165) is 43.3 Å². The van der Waals surface area contributed by atoms with Crippen molar-refractivity contribution >= 4 is 29.9 Å². The lowest BCUT2D eigenvalue weighted by atomic mass is 10.0. The summed E-state index contributed by atoms with van der Waals surface area (Å²) in [5.74, 6) is 1.34. The highest BCUT2D eigenvalue weighted by Crippen LogP contribution is 2.21. The Kier molecular flexibility index (Phi) is 11.9. The second-order valence-electron chi connectivity index (χ2n) is 7.08. The van der Waals surface area contributed by atoms with E-state index in [1.54, 1.807) is 13.3 Å². The number of hydrogen-bond donors (Lipinski definition) is 2. The van der Waals surface area contributed by atoms with Gasteiger partial charge in [0.2, 0.25) is 0 Å². The van der Waals surface area contributed by atoms with Gasteiger partial charge in [0, 0.05) is 39.8 Å². The van der Waals surface area contributed by atoms with Gasteiger partial charge >= 0.3 is 0 Å². The second kappa shape index (κ2) is 14.4. The molecule has 1 aromatic heterocycles. The lowest BCUT2D eigenvalue weighted by Crippen LogP contribution is -2.46. The normalized spacial score (nSPS) is 15.9. The summed E-state index contributed by atoms with van der Waals surface area (Å²) in [6.07, 6.45) is 2.50. The average Bonchev–Trinajstić information content (AvgIpc) is 3.30. The molecular weight excluding hydrogens is 514 g/mol. The first-order valence-electron chi connectivity index (χ1n) is 10.4. The van der Waals surface area contributed by atoms with Crippen LogP contribution in [0.5, 0.6) is 0 Å². The molecule has 3 rings (SSSR count). The summed E-state index contributed by atoms with van der Waals surface area (Å²) in [5.41, 5.74) is 1.08. The van der Waals surface area contributed by atoms with Crippen LogP contribution in [0.3, 0.4) is 0 Å². The largest absolute Gasteiger partial charge is 0.467 e. The van der Waals surface area contributed by atoms with Crippen LogP contribution in [-0.2, 0) is 16.1 Å². The highest BCUT2D eigenvalue weighted by molar-refractivity contribution is 14.0. The zero-order chi connectivity index (χ0) is 21.0. The standard InChI is InChI=1S/C22H31FN4O3.HI/c1-24-22(25-9-3-12-29-17-20-4-2-13-30-20)26-16-21(27-10-14-28-15-11-27)18-5-7-19(23)8-6-18;/h2,4-8,13,21H,3,9-12,14-17H2,1H3,(H2,24,25,26);1H. The molecule has 7 nitrogen and oxygen atoms in total. The minimum Gasteiger partial charge on any atom is -0.467 e. The number of aliphatic imine (C=N–C) groups is 1. The molecule has 2 N–H and O–H groups in total. The molecular formula is C22H32FIN4O3. The summed E-state index contributed by atoms with van der Waals surface area (Å²) in [7, 11) is 1.75. The lowest BCUT2D eigenvalue weighted by Gasteiger charge is -2.35. The smallest absolute Gasteiger partial charge is 0.191 e. The molecule has 2 aromatic rings. The van der Waals surface area contributed by atoms with Crippen molar-refractivity contribution in [3.63, 3.8) is 0 Å². The van der Waals surface area contributed by atoms with Gasteiger partial charge in [-0.2, -0.15) is 0 Å². The number of hydrogen-bond acceptors (Lipinski definition) is 5. The van der Waals surface area contributed by atoms with Gasteiger partial charge in [-0.25, -0.2) is 4.39 Å². The minimum absolute atomic E-state index is 0. The number of halogens is 2. The Morgan fingerprint density at radius 3 is 2.65 bits per heavy atom. The Morgan fingerprint density at radius 2 is 1.97 bits per heavy atom. The maximum Gasteiger partial charge on any atom is 0.191 e. The Bertz CT molecular complexity index is 753. The molecule has 1 fully saturated rings. The van der Waals surface area contributed by atoms with Crippen molar-refractivity contribution in [2.75, 3.05) is 53.0 Å². The molecule has 0 radical (unpaired) electrons. The fourth-order valence-corrected chi connectivity index (χ4v) is 3.39. The molecule has 9 heteroatoms. The molecule has 0 spiro atoms. The van der Waals surface area contributed by atoms with E-state index in [1.807, 2.05) is 24.3 Å². The van der Waals surface area contributed by atoms with E-state index in [-0.39, 0.29) is 35.8 Å². The van der Waals surface area contributed by atoms with E-state index in [4.69, 9.17) is 13.9 Å². The Morgan fingerprint density at radius 1 is 1.19 bits per heavy atom. The highest BCUT2D eigenvalue weighted by atomic mass is 127. The van der Waals surface area contributed by atoms with Crippen molar-refractivity contribution in [2.24, 2.45) is 4.99 Å². The van der Waals surface area contributed by atoms with Crippen LogP contribution in [0.25, 0.3) is 0 Å². The van der Waals surface area contributed by atoms with E-state index < -0.39 is 0 Å². The number of ether oxygens (including phenoxy) is 2. The zero-order valence-corrected chi connectivity index (χ0v) is 20.2. The van der Waals surface area contributed by atoms with Crippen LogP contribution in [0.1, 0.15) is 23.8 Å². The van der Waals surface area contributed by atoms with E-state index in [9.17, 15) is 4.39 Å². The SMILES string of the molecule is CN=C(NCCCOCc1ccco1)NCC(c1ccc(F)cc1)N1CCOCC1.I. The molecule has 1 atom stereocenters.